The van der Waals surface area contributed by atoms with Crippen molar-refractivity contribution in [1.82, 2.24) is 16.0 Å². The average Bonchev–Trinajstić information content (AvgIpc) is 2.88. The summed E-state index contributed by atoms with van der Waals surface area (Å²) in [6, 6.07) is 12.3. The molecule has 0 spiro atoms. The third-order valence-electron chi connectivity index (χ3n) is 5.64. The van der Waals surface area contributed by atoms with Gasteiger partial charge in [0.2, 0.25) is 17.7 Å². The zero-order valence-electron chi connectivity index (χ0n) is 20.6. The van der Waals surface area contributed by atoms with Crippen LogP contribution in [0.3, 0.4) is 0 Å². The number of hydrogen-bond acceptors (Lipinski definition) is 7. The number of amides is 3. The van der Waals surface area contributed by atoms with Gasteiger partial charge >= 0.3 is 5.97 Å². The monoisotopic (exact) mass is 513 g/mol. The average molecular weight is 514 g/mol. The Bertz CT molecular complexity index is 1030. The van der Waals surface area contributed by atoms with Crippen molar-refractivity contribution < 1.29 is 29.4 Å². The van der Waals surface area contributed by atoms with Crippen LogP contribution in [-0.2, 0) is 32.0 Å². The van der Waals surface area contributed by atoms with E-state index in [1.807, 2.05) is 6.07 Å². The van der Waals surface area contributed by atoms with Gasteiger partial charge in [-0.2, -0.15) is 0 Å². The Balaban J connectivity index is 2.15. The molecule has 3 amide bonds. The lowest BCUT2D eigenvalue weighted by atomic mass is 10.0. The lowest BCUT2D eigenvalue weighted by molar-refractivity contribution is -0.138. The van der Waals surface area contributed by atoms with Gasteiger partial charge in [0.05, 0.1) is 6.04 Å². The molecule has 9 N–H and O–H groups in total. The van der Waals surface area contributed by atoms with Crippen LogP contribution in [0.4, 0.5) is 0 Å². The third-order valence-corrected chi connectivity index (χ3v) is 5.64. The van der Waals surface area contributed by atoms with E-state index in [0.29, 0.717) is 19.4 Å². The molecule has 0 aliphatic heterocycles. The van der Waals surface area contributed by atoms with Crippen molar-refractivity contribution in [2.45, 2.75) is 50.2 Å². The lowest BCUT2D eigenvalue weighted by Crippen LogP contribution is -2.56. The van der Waals surface area contributed by atoms with Gasteiger partial charge < -0.3 is 37.6 Å². The molecule has 2 aromatic carbocycles. The highest BCUT2D eigenvalue weighted by atomic mass is 16.4. The second-order valence-corrected chi connectivity index (χ2v) is 8.69. The summed E-state index contributed by atoms with van der Waals surface area (Å²) in [4.78, 5) is 49.6. The predicted molar refractivity (Wildman–Crippen MR) is 137 cm³/mol. The van der Waals surface area contributed by atoms with Gasteiger partial charge in [0.15, 0.2) is 0 Å². The second kappa shape index (κ2) is 15.2. The van der Waals surface area contributed by atoms with Crippen molar-refractivity contribution in [2.24, 2.45) is 11.5 Å². The first kappa shape index (κ1) is 29.3. The fraction of sp³-hybridized carbons (Fsp3) is 0.385. The molecular weight excluding hydrogens is 478 g/mol. The molecule has 3 atom stereocenters. The summed E-state index contributed by atoms with van der Waals surface area (Å²) in [6.45, 7) is -0.179. The number of phenols is 1. The Hall–Kier alpha value is -3.96. The topological polar surface area (TPSA) is 197 Å². The molecule has 0 aliphatic carbocycles. The lowest BCUT2D eigenvalue weighted by Gasteiger charge is -2.24. The molecule has 3 unspecified atom stereocenters. The third kappa shape index (κ3) is 10.7. The van der Waals surface area contributed by atoms with Crippen molar-refractivity contribution in [1.29, 1.82) is 0 Å². The summed E-state index contributed by atoms with van der Waals surface area (Å²) in [5.74, 6) is -2.91. The molecular formula is C26H35N5O6. The van der Waals surface area contributed by atoms with Crippen molar-refractivity contribution in [3.05, 3.63) is 65.7 Å². The molecule has 11 nitrogen and oxygen atoms in total. The standard InChI is InChI=1S/C26H35N5O6/c27-13-5-4-8-21(25(36)29-16-23(33)34)30-26(37)22(15-17-6-2-1-3-7-17)31-24(35)20(28)14-18-9-11-19(32)12-10-18/h1-3,6-7,9-12,20-22,32H,4-5,8,13-16,27-28H2,(H,29,36)(H,30,37)(H,31,35)(H,33,34). The molecule has 0 aliphatic rings. The number of nitrogens with one attached hydrogen (secondary N) is 3. The van der Waals surface area contributed by atoms with Crippen LogP contribution in [0.25, 0.3) is 0 Å². The van der Waals surface area contributed by atoms with E-state index in [2.05, 4.69) is 16.0 Å². The summed E-state index contributed by atoms with van der Waals surface area (Å²) in [6.07, 6.45) is 1.74. The van der Waals surface area contributed by atoms with E-state index >= 15 is 0 Å². The van der Waals surface area contributed by atoms with Crippen molar-refractivity contribution in [3.8, 4) is 5.75 Å². The normalized spacial score (nSPS) is 13.1. The van der Waals surface area contributed by atoms with Crippen molar-refractivity contribution >= 4 is 23.7 Å². The Labute approximate surface area is 215 Å². The van der Waals surface area contributed by atoms with Crippen LogP contribution in [-0.4, -0.2) is 65.1 Å². The van der Waals surface area contributed by atoms with Gasteiger partial charge in [0, 0.05) is 6.42 Å². The molecule has 0 saturated carbocycles. The molecule has 0 heterocycles. The first-order valence-corrected chi connectivity index (χ1v) is 12.1. The van der Waals surface area contributed by atoms with E-state index in [1.165, 1.54) is 12.1 Å². The van der Waals surface area contributed by atoms with E-state index in [9.17, 15) is 24.3 Å². The first-order chi connectivity index (χ1) is 17.7. The number of unbranched alkanes of at least 4 members (excludes halogenated alkanes) is 1. The highest BCUT2D eigenvalue weighted by molar-refractivity contribution is 5.93. The first-order valence-electron chi connectivity index (χ1n) is 12.1. The minimum Gasteiger partial charge on any atom is -0.508 e. The SMILES string of the molecule is NCCCCC(NC(=O)C(Cc1ccccc1)NC(=O)C(N)Cc1ccc(O)cc1)C(=O)NCC(=O)O. The maximum atomic E-state index is 13.3. The number of rotatable bonds is 15. The van der Waals surface area contributed by atoms with E-state index < -0.39 is 48.4 Å². The number of hydrogen-bond donors (Lipinski definition) is 7. The van der Waals surface area contributed by atoms with E-state index in [1.54, 1.807) is 36.4 Å². The Morgan fingerprint density at radius 2 is 1.41 bits per heavy atom. The minimum absolute atomic E-state index is 0.0924. The Kier molecular flexibility index (Phi) is 12.0. The van der Waals surface area contributed by atoms with Crippen molar-refractivity contribution in [3.63, 3.8) is 0 Å². The van der Waals surface area contributed by atoms with Gasteiger partial charge in [-0.3, -0.25) is 19.2 Å². The maximum absolute atomic E-state index is 13.3. The molecule has 0 radical (unpaired) electrons. The zero-order valence-corrected chi connectivity index (χ0v) is 20.6. The number of nitrogens with two attached hydrogens (primary N) is 2. The summed E-state index contributed by atoms with van der Waals surface area (Å²) < 4.78 is 0. The largest absolute Gasteiger partial charge is 0.508 e. The summed E-state index contributed by atoms with van der Waals surface area (Å²) in [7, 11) is 0. The number of aromatic hydroxyl groups is 1. The Morgan fingerprint density at radius 1 is 0.784 bits per heavy atom. The molecule has 2 aromatic rings. The number of phenolic OH excluding ortho intramolecular Hbond substituents is 1. The fourth-order valence-electron chi connectivity index (χ4n) is 3.64. The molecule has 0 fully saturated rings. The van der Waals surface area contributed by atoms with E-state index in [-0.39, 0.29) is 25.0 Å². The van der Waals surface area contributed by atoms with Crippen LogP contribution >= 0.6 is 0 Å². The van der Waals surface area contributed by atoms with E-state index in [4.69, 9.17) is 16.6 Å². The summed E-state index contributed by atoms with van der Waals surface area (Å²) in [5.41, 5.74) is 13.1. The molecule has 200 valence electrons. The fourth-order valence-corrected chi connectivity index (χ4v) is 3.64. The van der Waals surface area contributed by atoms with Gasteiger partial charge in [-0.15, -0.1) is 0 Å². The van der Waals surface area contributed by atoms with Crippen LogP contribution in [0.2, 0.25) is 0 Å². The van der Waals surface area contributed by atoms with Gasteiger partial charge in [-0.1, -0.05) is 42.5 Å². The van der Waals surface area contributed by atoms with Gasteiger partial charge in [0.1, 0.15) is 24.4 Å². The van der Waals surface area contributed by atoms with Crippen LogP contribution in [0, 0.1) is 0 Å². The molecule has 11 heteroatoms. The second-order valence-electron chi connectivity index (χ2n) is 8.69. The number of carbonyl (C=O) groups excluding carboxylic acids is 3. The zero-order chi connectivity index (χ0) is 27.2. The molecule has 37 heavy (non-hydrogen) atoms. The minimum atomic E-state index is -1.21. The van der Waals surface area contributed by atoms with Crippen LogP contribution in [0.15, 0.2) is 54.6 Å². The number of aliphatic carboxylic acids is 1. The quantitative estimate of drug-likeness (QED) is 0.159. The van der Waals surface area contributed by atoms with Crippen molar-refractivity contribution in [2.75, 3.05) is 13.1 Å². The van der Waals surface area contributed by atoms with Crippen LogP contribution in [0.1, 0.15) is 30.4 Å². The molecule has 2 rings (SSSR count). The maximum Gasteiger partial charge on any atom is 0.322 e. The number of carboxylic acids is 1. The van der Waals surface area contributed by atoms with Crippen LogP contribution < -0.4 is 27.4 Å². The van der Waals surface area contributed by atoms with Gasteiger partial charge in [-0.25, -0.2) is 0 Å². The highest BCUT2D eigenvalue weighted by Gasteiger charge is 2.28. The smallest absolute Gasteiger partial charge is 0.322 e. The summed E-state index contributed by atoms with van der Waals surface area (Å²) in [5, 5.41) is 25.9. The number of carbonyl (C=O) groups is 4. The molecule has 0 bridgehead atoms. The number of carboxylic acid groups (broad SMARTS) is 1. The summed E-state index contributed by atoms with van der Waals surface area (Å²) >= 11 is 0. The molecule has 0 saturated heterocycles. The highest BCUT2D eigenvalue weighted by Crippen LogP contribution is 2.11. The van der Waals surface area contributed by atoms with E-state index in [0.717, 1.165) is 11.1 Å². The van der Waals surface area contributed by atoms with Crippen LogP contribution in [0.5, 0.6) is 5.75 Å². The Morgan fingerprint density at radius 3 is 2.03 bits per heavy atom. The van der Waals surface area contributed by atoms with Gasteiger partial charge in [-0.05, 0) is 55.5 Å². The van der Waals surface area contributed by atoms with Gasteiger partial charge in [0.25, 0.3) is 0 Å². The molecule has 0 aromatic heterocycles. The predicted octanol–water partition coefficient (Wildman–Crippen LogP) is -0.196. The number of benzene rings is 2.